The first-order chi connectivity index (χ1) is 9.42. The number of benzene rings is 1. The van der Waals surface area contributed by atoms with Crippen molar-refractivity contribution in [1.29, 1.82) is 0 Å². The summed E-state index contributed by atoms with van der Waals surface area (Å²) >= 11 is 0. The number of primary amides is 1. The molecule has 0 aliphatic carbocycles. The molecule has 0 spiro atoms. The Bertz CT molecular complexity index is 472. The van der Waals surface area contributed by atoms with Crippen molar-refractivity contribution < 1.29 is 14.3 Å². The third kappa shape index (κ3) is 5.30. The first-order valence-corrected chi connectivity index (χ1v) is 6.64. The van der Waals surface area contributed by atoms with Crippen LogP contribution in [0.3, 0.4) is 0 Å². The maximum absolute atomic E-state index is 11.7. The number of ether oxygens (including phenoxy) is 1. The van der Waals surface area contributed by atoms with Gasteiger partial charge in [-0.15, -0.1) is 0 Å². The first kappa shape index (κ1) is 16.0. The van der Waals surface area contributed by atoms with Crippen LogP contribution in [0.25, 0.3) is 0 Å². The minimum absolute atomic E-state index is 0.160. The summed E-state index contributed by atoms with van der Waals surface area (Å²) in [6, 6.07) is 6.65. The Balaban J connectivity index is 2.71. The quantitative estimate of drug-likeness (QED) is 0.787. The molecule has 1 aromatic rings. The molecule has 0 saturated carbocycles. The predicted molar refractivity (Wildman–Crippen MR) is 77.3 cm³/mol. The smallest absolute Gasteiger partial charge is 0.240 e. The molecule has 0 aliphatic rings. The number of amides is 2. The molecule has 1 rings (SSSR count). The highest BCUT2D eigenvalue weighted by Gasteiger charge is 2.19. The maximum Gasteiger partial charge on any atom is 0.240 e. The fraction of sp³-hybridized carbons (Fsp3) is 0.467. The van der Waals surface area contributed by atoms with Gasteiger partial charge in [-0.1, -0.05) is 26.0 Å². The highest BCUT2D eigenvalue weighted by Crippen LogP contribution is 2.14. The minimum Gasteiger partial charge on any atom is -0.497 e. The second-order valence-electron chi connectivity index (χ2n) is 5.18. The van der Waals surface area contributed by atoms with Gasteiger partial charge >= 0.3 is 0 Å². The highest BCUT2D eigenvalue weighted by molar-refractivity contribution is 5.86. The highest BCUT2D eigenvalue weighted by atomic mass is 16.5. The Labute approximate surface area is 119 Å². The van der Waals surface area contributed by atoms with E-state index in [1.54, 1.807) is 7.11 Å². The van der Waals surface area contributed by atoms with Gasteiger partial charge in [0.1, 0.15) is 11.8 Å². The third-order valence-electron chi connectivity index (χ3n) is 2.85. The van der Waals surface area contributed by atoms with Gasteiger partial charge in [0.25, 0.3) is 0 Å². The van der Waals surface area contributed by atoms with Gasteiger partial charge < -0.3 is 15.8 Å². The lowest BCUT2D eigenvalue weighted by Crippen LogP contribution is -2.46. The van der Waals surface area contributed by atoms with E-state index in [0.29, 0.717) is 18.6 Å². The number of hydrogen-bond donors (Lipinski definition) is 2. The molecule has 5 nitrogen and oxygen atoms in total. The summed E-state index contributed by atoms with van der Waals surface area (Å²) in [5.74, 6) is 0.246. The molecular weight excluding hydrogens is 256 g/mol. The molecule has 0 bridgehead atoms. The Hall–Kier alpha value is -2.04. The summed E-state index contributed by atoms with van der Waals surface area (Å²) in [4.78, 5) is 23.2. The van der Waals surface area contributed by atoms with Crippen molar-refractivity contribution in [1.82, 2.24) is 5.32 Å². The van der Waals surface area contributed by atoms with Gasteiger partial charge in [-0.05, 0) is 23.6 Å². The molecule has 20 heavy (non-hydrogen) atoms. The van der Waals surface area contributed by atoms with Gasteiger partial charge in [0.2, 0.25) is 11.8 Å². The fourth-order valence-corrected chi connectivity index (χ4v) is 1.88. The number of rotatable bonds is 7. The van der Waals surface area contributed by atoms with Gasteiger partial charge in [-0.3, -0.25) is 9.59 Å². The first-order valence-electron chi connectivity index (χ1n) is 6.64. The summed E-state index contributed by atoms with van der Waals surface area (Å²) in [7, 11) is 1.58. The third-order valence-corrected chi connectivity index (χ3v) is 2.85. The lowest BCUT2D eigenvalue weighted by atomic mass is 10.0. The van der Waals surface area contributed by atoms with Crippen LogP contribution in [0.4, 0.5) is 0 Å². The number of nitrogens with one attached hydrogen (secondary N) is 1. The van der Waals surface area contributed by atoms with Crippen molar-refractivity contribution in [3.63, 3.8) is 0 Å². The molecule has 0 aromatic heterocycles. The van der Waals surface area contributed by atoms with Gasteiger partial charge in [0, 0.05) is 12.8 Å². The molecule has 3 N–H and O–H groups in total. The van der Waals surface area contributed by atoms with Crippen LogP contribution < -0.4 is 15.8 Å². The van der Waals surface area contributed by atoms with E-state index in [1.807, 2.05) is 38.1 Å². The Morgan fingerprint density at radius 3 is 2.60 bits per heavy atom. The zero-order valence-corrected chi connectivity index (χ0v) is 12.2. The van der Waals surface area contributed by atoms with Crippen molar-refractivity contribution in [2.45, 2.75) is 32.7 Å². The van der Waals surface area contributed by atoms with E-state index in [4.69, 9.17) is 10.5 Å². The largest absolute Gasteiger partial charge is 0.497 e. The monoisotopic (exact) mass is 278 g/mol. The van der Waals surface area contributed by atoms with Crippen molar-refractivity contribution in [3.05, 3.63) is 29.8 Å². The molecule has 0 aliphatic heterocycles. The van der Waals surface area contributed by atoms with Crippen molar-refractivity contribution in [3.8, 4) is 5.75 Å². The van der Waals surface area contributed by atoms with E-state index in [1.165, 1.54) is 0 Å². The maximum atomic E-state index is 11.7. The van der Waals surface area contributed by atoms with Crippen molar-refractivity contribution in [2.75, 3.05) is 7.11 Å². The van der Waals surface area contributed by atoms with Gasteiger partial charge in [-0.2, -0.15) is 0 Å². The van der Waals surface area contributed by atoms with Gasteiger partial charge in [0.05, 0.1) is 7.11 Å². The molecule has 1 aromatic carbocycles. The SMILES string of the molecule is COc1cccc(C[C@@H](NC(=O)CC(C)C)C(N)=O)c1. The molecule has 5 heteroatoms. The van der Waals surface area contributed by atoms with Crippen LogP contribution in [0.15, 0.2) is 24.3 Å². The molecule has 0 heterocycles. The molecule has 110 valence electrons. The zero-order valence-electron chi connectivity index (χ0n) is 12.2. The van der Waals surface area contributed by atoms with Crippen LogP contribution in [0.5, 0.6) is 5.75 Å². The second kappa shape index (κ2) is 7.53. The van der Waals surface area contributed by atoms with Gasteiger partial charge in [-0.25, -0.2) is 0 Å². The van der Waals surface area contributed by atoms with E-state index in [2.05, 4.69) is 5.32 Å². The van der Waals surface area contributed by atoms with Crippen LogP contribution in [0.1, 0.15) is 25.8 Å². The van der Waals surface area contributed by atoms with Crippen LogP contribution in [0, 0.1) is 5.92 Å². The van der Waals surface area contributed by atoms with E-state index < -0.39 is 11.9 Å². The average molecular weight is 278 g/mol. The normalized spacial score (nSPS) is 12.0. The van der Waals surface area contributed by atoms with Crippen LogP contribution in [-0.4, -0.2) is 25.0 Å². The Morgan fingerprint density at radius 1 is 1.35 bits per heavy atom. The summed E-state index contributed by atoms with van der Waals surface area (Å²) in [6.07, 6.45) is 0.734. The molecule has 0 fully saturated rings. The summed E-state index contributed by atoms with van der Waals surface area (Å²) < 4.78 is 5.13. The minimum atomic E-state index is -0.701. The summed E-state index contributed by atoms with van der Waals surface area (Å²) in [5, 5.41) is 2.68. The van der Waals surface area contributed by atoms with Crippen LogP contribution >= 0.6 is 0 Å². The van der Waals surface area contributed by atoms with Crippen LogP contribution in [-0.2, 0) is 16.0 Å². The summed E-state index contributed by atoms with van der Waals surface area (Å²) in [5.41, 5.74) is 6.24. The Kier molecular flexibility index (Phi) is 6.03. The number of carbonyl (C=O) groups excluding carboxylic acids is 2. The molecule has 0 saturated heterocycles. The van der Waals surface area contributed by atoms with E-state index in [0.717, 1.165) is 5.56 Å². The van der Waals surface area contributed by atoms with Crippen LogP contribution in [0.2, 0.25) is 0 Å². The molecule has 2 amide bonds. The fourth-order valence-electron chi connectivity index (χ4n) is 1.88. The number of carbonyl (C=O) groups is 2. The lowest BCUT2D eigenvalue weighted by molar-refractivity contribution is -0.127. The molecule has 0 radical (unpaired) electrons. The second-order valence-corrected chi connectivity index (χ2v) is 5.18. The standard InChI is InChI=1S/C15H22N2O3/c1-10(2)7-14(18)17-13(15(16)19)9-11-5-4-6-12(8-11)20-3/h4-6,8,10,13H,7,9H2,1-3H3,(H2,16,19)(H,17,18)/t13-/m1/s1. The molecule has 0 unspecified atom stereocenters. The van der Waals surface area contributed by atoms with Crippen molar-refractivity contribution >= 4 is 11.8 Å². The van der Waals surface area contributed by atoms with Crippen molar-refractivity contribution in [2.24, 2.45) is 11.7 Å². The topological polar surface area (TPSA) is 81.4 Å². The number of nitrogens with two attached hydrogens (primary N) is 1. The lowest BCUT2D eigenvalue weighted by Gasteiger charge is -2.16. The van der Waals surface area contributed by atoms with Gasteiger partial charge in [0.15, 0.2) is 0 Å². The predicted octanol–water partition coefficient (Wildman–Crippen LogP) is 1.25. The Morgan fingerprint density at radius 2 is 2.05 bits per heavy atom. The molecular formula is C15H22N2O3. The van der Waals surface area contributed by atoms with E-state index in [-0.39, 0.29) is 11.8 Å². The molecule has 1 atom stereocenters. The zero-order chi connectivity index (χ0) is 15.1. The summed E-state index contributed by atoms with van der Waals surface area (Å²) in [6.45, 7) is 3.89. The number of hydrogen-bond acceptors (Lipinski definition) is 3. The van der Waals surface area contributed by atoms with E-state index in [9.17, 15) is 9.59 Å². The average Bonchev–Trinajstić information content (AvgIpc) is 2.37. The van der Waals surface area contributed by atoms with E-state index >= 15 is 0 Å². The number of methoxy groups -OCH3 is 1.